The first-order valence-corrected chi connectivity index (χ1v) is 6.02. The SMILES string of the molecule is COC(=O)c1ccc(CNc2cncc(C)c2)cc1. The Kier molecular flexibility index (Phi) is 4.13. The molecule has 0 aliphatic rings. The lowest BCUT2D eigenvalue weighted by molar-refractivity contribution is 0.0600. The third-order valence-corrected chi connectivity index (χ3v) is 2.75. The van der Waals surface area contributed by atoms with Crippen molar-refractivity contribution in [1.82, 2.24) is 4.98 Å². The van der Waals surface area contributed by atoms with Crippen LogP contribution in [0.15, 0.2) is 42.7 Å². The zero-order chi connectivity index (χ0) is 13.7. The maximum atomic E-state index is 11.3. The standard InChI is InChI=1S/C15H16N2O2/c1-11-7-14(10-16-8-11)17-9-12-3-5-13(6-4-12)15(18)19-2/h3-8,10,17H,9H2,1-2H3. The number of aromatic nitrogens is 1. The monoisotopic (exact) mass is 256 g/mol. The van der Waals surface area contributed by atoms with Crippen molar-refractivity contribution in [2.45, 2.75) is 13.5 Å². The maximum Gasteiger partial charge on any atom is 0.337 e. The molecule has 0 aliphatic carbocycles. The first kappa shape index (κ1) is 13.1. The lowest BCUT2D eigenvalue weighted by atomic mass is 10.1. The zero-order valence-electron chi connectivity index (χ0n) is 11.0. The number of methoxy groups -OCH3 is 1. The first-order chi connectivity index (χ1) is 9.19. The second kappa shape index (κ2) is 6.00. The van der Waals surface area contributed by atoms with Gasteiger partial charge in [0, 0.05) is 18.9 Å². The van der Waals surface area contributed by atoms with Crippen molar-refractivity contribution in [2.24, 2.45) is 0 Å². The Morgan fingerprint density at radius 2 is 2.00 bits per heavy atom. The molecule has 0 saturated heterocycles. The largest absolute Gasteiger partial charge is 0.465 e. The van der Waals surface area contributed by atoms with Crippen molar-refractivity contribution in [3.05, 3.63) is 59.4 Å². The predicted molar refractivity (Wildman–Crippen MR) is 74.1 cm³/mol. The fraction of sp³-hybridized carbons (Fsp3) is 0.200. The Morgan fingerprint density at radius 1 is 1.26 bits per heavy atom. The van der Waals surface area contributed by atoms with Crippen LogP contribution in [0.3, 0.4) is 0 Å². The second-order valence-electron chi connectivity index (χ2n) is 4.29. The molecule has 0 amide bonds. The highest BCUT2D eigenvalue weighted by atomic mass is 16.5. The number of hydrogen-bond acceptors (Lipinski definition) is 4. The minimum absolute atomic E-state index is 0.317. The molecule has 4 nitrogen and oxygen atoms in total. The number of ether oxygens (including phenoxy) is 1. The van der Waals surface area contributed by atoms with E-state index in [-0.39, 0.29) is 5.97 Å². The topological polar surface area (TPSA) is 51.2 Å². The third-order valence-electron chi connectivity index (χ3n) is 2.75. The molecule has 1 aromatic heterocycles. The van der Waals surface area contributed by atoms with Gasteiger partial charge in [0.1, 0.15) is 0 Å². The highest BCUT2D eigenvalue weighted by molar-refractivity contribution is 5.89. The Labute approximate surface area is 112 Å². The quantitative estimate of drug-likeness (QED) is 0.855. The fourth-order valence-corrected chi connectivity index (χ4v) is 1.73. The van der Waals surface area contributed by atoms with Crippen molar-refractivity contribution in [1.29, 1.82) is 0 Å². The molecule has 1 heterocycles. The molecule has 0 aliphatic heterocycles. The van der Waals surface area contributed by atoms with Gasteiger partial charge >= 0.3 is 5.97 Å². The van der Waals surface area contributed by atoms with E-state index in [1.54, 1.807) is 18.3 Å². The molecule has 98 valence electrons. The van der Waals surface area contributed by atoms with Gasteiger partial charge in [0.15, 0.2) is 0 Å². The summed E-state index contributed by atoms with van der Waals surface area (Å²) in [5, 5.41) is 3.29. The van der Waals surface area contributed by atoms with Gasteiger partial charge < -0.3 is 10.1 Å². The Morgan fingerprint density at radius 3 is 2.63 bits per heavy atom. The summed E-state index contributed by atoms with van der Waals surface area (Å²) in [4.78, 5) is 15.4. The van der Waals surface area contributed by atoms with E-state index in [0.29, 0.717) is 12.1 Å². The van der Waals surface area contributed by atoms with E-state index >= 15 is 0 Å². The molecule has 0 bridgehead atoms. The number of pyridine rings is 1. The molecule has 0 atom stereocenters. The van der Waals surface area contributed by atoms with Gasteiger partial charge in [-0.05, 0) is 36.2 Å². The summed E-state index contributed by atoms with van der Waals surface area (Å²) >= 11 is 0. The van der Waals surface area contributed by atoms with Gasteiger partial charge in [-0.3, -0.25) is 4.98 Å². The van der Waals surface area contributed by atoms with Crippen LogP contribution in [0.4, 0.5) is 5.69 Å². The van der Waals surface area contributed by atoms with E-state index in [1.165, 1.54) is 7.11 Å². The van der Waals surface area contributed by atoms with Gasteiger partial charge in [0.25, 0.3) is 0 Å². The normalized spacial score (nSPS) is 10.0. The molecule has 0 radical (unpaired) electrons. The van der Waals surface area contributed by atoms with E-state index < -0.39 is 0 Å². The lowest BCUT2D eigenvalue weighted by Gasteiger charge is -2.07. The van der Waals surface area contributed by atoms with Gasteiger partial charge in [-0.15, -0.1) is 0 Å². The molecule has 0 spiro atoms. The molecular formula is C15H16N2O2. The molecule has 2 rings (SSSR count). The molecule has 0 fully saturated rings. The lowest BCUT2D eigenvalue weighted by Crippen LogP contribution is -2.03. The minimum Gasteiger partial charge on any atom is -0.465 e. The van der Waals surface area contributed by atoms with Crippen molar-refractivity contribution >= 4 is 11.7 Å². The van der Waals surface area contributed by atoms with Gasteiger partial charge in [0.05, 0.1) is 18.4 Å². The molecule has 1 aromatic carbocycles. The van der Waals surface area contributed by atoms with Crippen LogP contribution in [-0.2, 0) is 11.3 Å². The summed E-state index contributed by atoms with van der Waals surface area (Å²) in [6.45, 7) is 2.69. The van der Waals surface area contributed by atoms with Crippen LogP contribution in [-0.4, -0.2) is 18.1 Å². The number of rotatable bonds is 4. The number of hydrogen-bond donors (Lipinski definition) is 1. The highest BCUT2D eigenvalue weighted by Crippen LogP contribution is 2.11. The van der Waals surface area contributed by atoms with E-state index in [0.717, 1.165) is 16.8 Å². The van der Waals surface area contributed by atoms with Crippen molar-refractivity contribution in [3.8, 4) is 0 Å². The van der Waals surface area contributed by atoms with Gasteiger partial charge in [-0.2, -0.15) is 0 Å². The number of aryl methyl sites for hydroxylation is 1. The summed E-state index contributed by atoms with van der Waals surface area (Å²) in [7, 11) is 1.38. The number of anilines is 1. The number of carbonyl (C=O) groups is 1. The summed E-state index contributed by atoms with van der Waals surface area (Å²) in [5.41, 5.74) is 3.75. The minimum atomic E-state index is -0.317. The van der Waals surface area contributed by atoms with Crippen LogP contribution in [0.2, 0.25) is 0 Å². The highest BCUT2D eigenvalue weighted by Gasteiger charge is 2.04. The Balaban J connectivity index is 1.98. The van der Waals surface area contributed by atoms with Crippen LogP contribution in [0.25, 0.3) is 0 Å². The van der Waals surface area contributed by atoms with Crippen LogP contribution >= 0.6 is 0 Å². The van der Waals surface area contributed by atoms with Gasteiger partial charge in [0.2, 0.25) is 0 Å². The summed E-state index contributed by atoms with van der Waals surface area (Å²) in [6.07, 6.45) is 3.60. The Bertz CT molecular complexity index is 565. The number of esters is 1. The van der Waals surface area contributed by atoms with E-state index in [2.05, 4.69) is 15.0 Å². The third kappa shape index (κ3) is 3.55. The second-order valence-corrected chi connectivity index (χ2v) is 4.29. The van der Waals surface area contributed by atoms with Crippen LogP contribution in [0.5, 0.6) is 0 Å². The Hall–Kier alpha value is -2.36. The fourth-order valence-electron chi connectivity index (χ4n) is 1.73. The number of benzene rings is 1. The zero-order valence-corrected chi connectivity index (χ0v) is 11.0. The first-order valence-electron chi connectivity index (χ1n) is 6.02. The maximum absolute atomic E-state index is 11.3. The molecule has 0 saturated carbocycles. The molecule has 1 N–H and O–H groups in total. The van der Waals surface area contributed by atoms with Crippen molar-refractivity contribution in [2.75, 3.05) is 12.4 Å². The molecule has 4 heteroatoms. The average Bonchev–Trinajstić information content (AvgIpc) is 2.45. The van der Waals surface area contributed by atoms with Crippen molar-refractivity contribution < 1.29 is 9.53 Å². The van der Waals surface area contributed by atoms with Crippen LogP contribution in [0.1, 0.15) is 21.5 Å². The number of carbonyl (C=O) groups excluding carboxylic acids is 1. The molecular weight excluding hydrogens is 240 g/mol. The summed E-state index contributed by atoms with van der Waals surface area (Å²) in [5.74, 6) is -0.317. The number of nitrogens with zero attached hydrogens (tertiary/aromatic N) is 1. The molecule has 0 unspecified atom stereocenters. The van der Waals surface area contributed by atoms with E-state index in [9.17, 15) is 4.79 Å². The van der Waals surface area contributed by atoms with E-state index in [4.69, 9.17) is 0 Å². The molecule has 2 aromatic rings. The smallest absolute Gasteiger partial charge is 0.337 e. The summed E-state index contributed by atoms with van der Waals surface area (Å²) < 4.78 is 4.66. The average molecular weight is 256 g/mol. The molecule has 19 heavy (non-hydrogen) atoms. The van der Waals surface area contributed by atoms with Crippen molar-refractivity contribution in [3.63, 3.8) is 0 Å². The van der Waals surface area contributed by atoms with E-state index in [1.807, 2.05) is 31.3 Å². The van der Waals surface area contributed by atoms with Crippen LogP contribution < -0.4 is 5.32 Å². The van der Waals surface area contributed by atoms with Crippen LogP contribution in [0, 0.1) is 6.92 Å². The van der Waals surface area contributed by atoms with Gasteiger partial charge in [-0.1, -0.05) is 12.1 Å². The van der Waals surface area contributed by atoms with Gasteiger partial charge in [-0.25, -0.2) is 4.79 Å². The number of nitrogens with one attached hydrogen (secondary N) is 1. The predicted octanol–water partition coefficient (Wildman–Crippen LogP) is 2.79. The summed E-state index contributed by atoms with van der Waals surface area (Å²) in [6, 6.07) is 9.37.